The molecule has 0 aliphatic heterocycles. The SMILES string of the molecule is c1ccc(-c2nc3ccccc3nc2-n2c3ccccc3c3cc4c5ccccc5n5c6c7ccccc7ccc6c(c32)c45)cc1. The summed E-state index contributed by atoms with van der Waals surface area (Å²) in [5.41, 5.74) is 9.67. The number of fused-ring (bicyclic) bond motifs is 13. The van der Waals surface area contributed by atoms with E-state index in [1.165, 1.54) is 59.6 Å². The van der Waals surface area contributed by atoms with Crippen LogP contribution in [0.1, 0.15) is 0 Å². The highest BCUT2D eigenvalue weighted by molar-refractivity contribution is 6.36. The average Bonchev–Trinajstić information content (AvgIpc) is 3.76. The van der Waals surface area contributed by atoms with Crippen LogP contribution in [0.4, 0.5) is 0 Å². The van der Waals surface area contributed by atoms with E-state index in [0.717, 1.165) is 39.1 Å². The molecule has 11 rings (SSSR count). The number of para-hydroxylation sites is 4. The molecule has 0 aliphatic rings. The van der Waals surface area contributed by atoms with Gasteiger partial charge in [0.15, 0.2) is 5.82 Å². The summed E-state index contributed by atoms with van der Waals surface area (Å²) in [5, 5.41) is 9.95. The molecule has 0 radical (unpaired) electrons. The first kappa shape index (κ1) is 24.1. The minimum atomic E-state index is 0.837. The smallest absolute Gasteiger partial charge is 0.165 e. The molecule has 4 nitrogen and oxygen atoms in total. The molecule has 0 saturated heterocycles. The van der Waals surface area contributed by atoms with Crippen LogP contribution in [-0.2, 0) is 0 Å². The van der Waals surface area contributed by atoms with Gasteiger partial charge < -0.3 is 4.40 Å². The van der Waals surface area contributed by atoms with Crippen LogP contribution in [0.25, 0.3) is 98.8 Å². The number of nitrogens with zero attached hydrogens (tertiary/aromatic N) is 4. The Bertz CT molecular complexity index is 3020. The monoisotopic (exact) mass is 584 g/mol. The van der Waals surface area contributed by atoms with E-state index in [9.17, 15) is 0 Å². The van der Waals surface area contributed by atoms with Gasteiger partial charge in [-0.3, -0.25) is 4.57 Å². The van der Waals surface area contributed by atoms with E-state index in [4.69, 9.17) is 9.97 Å². The molecule has 0 saturated carbocycles. The van der Waals surface area contributed by atoms with E-state index >= 15 is 0 Å². The molecule has 0 aliphatic carbocycles. The number of rotatable bonds is 2. The van der Waals surface area contributed by atoms with Gasteiger partial charge in [0.25, 0.3) is 0 Å². The normalized spacial score (nSPS) is 12.3. The fraction of sp³-hybridized carbons (Fsp3) is 0. The summed E-state index contributed by atoms with van der Waals surface area (Å²) >= 11 is 0. The van der Waals surface area contributed by atoms with E-state index in [2.05, 4.69) is 136 Å². The summed E-state index contributed by atoms with van der Waals surface area (Å²) in [7, 11) is 0. The van der Waals surface area contributed by atoms with Crippen LogP contribution in [0.2, 0.25) is 0 Å². The topological polar surface area (TPSA) is 35.1 Å². The first-order chi connectivity index (χ1) is 22.8. The fourth-order valence-corrected chi connectivity index (χ4v) is 7.91. The van der Waals surface area contributed by atoms with Gasteiger partial charge in [-0.25, -0.2) is 9.97 Å². The van der Waals surface area contributed by atoms with Crippen molar-refractivity contribution in [2.45, 2.75) is 0 Å². The van der Waals surface area contributed by atoms with Crippen molar-refractivity contribution in [3.05, 3.63) is 146 Å². The molecule has 46 heavy (non-hydrogen) atoms. The Kier molecular flexibility index (Phi) is 4.55. The average molecular weight is 585 g/mol. The third-order valence-corrected chi connectivity index (χ3v) is 9.79. The third kappa shape index (κ3) is 2.98. The van der Waals surface area contributed by atoms with Crippen LogP contribution in [0, 0.1) is 0 Å². The summed E-state index contributed by atoms with van der Waals surface area (Å²) in [6.07, 6.45) is 0. The Morgan fingerprint density at radius 1 is 0.413 bits per heavy atom. The van der Waals surface area contributed by atoms with Crippen molar-refractivity contribution in [3.8, 4) is 17.1 Å². The Labute approximate surface area is 262 Å². The maximum absolute atomic E-state index is 5.41. The Morgan fingerprint density at radius 2 is 1.04 bits per heavy atom. The van der Waals surface area contributed by atoms with Gasteiger partial charge in [-0.15, -0.1) is 0 Å². The summed E-state index contributed by atoms with van der Waals surface area (Å²) < 4.78 is 4.89. The number of aromatic nitrogens is 4. The van der Waals surface area contributed by atoms with Crippen molar-refractivity contribution in [2.75, 3.05) is 0 Å². The minimum absolute atomic E-state index is 0.837. The van der Waals surface area contributed by atoms with Crippen molar-refractivity contribution in [3.63, 3.8) is 0 Å². The first-order valence-electron chi connectivity index (χ1n) is 15.7. The predicted octanol–water partition coefficient (Wildman–Crippen LogP) is 10.7. The van der Waals surface area contributed by atoms with Gasteiger partial charge in [0, 0.05) is 43.3 Å². The van der Waals surface area contributed by atoms with Crippen LogP contribution in [0.5, 0.6) is 0 Å². The van der Waals surface area contributed by atoms with E-state index < -0.39 is 0 Å². The largest absolute Gasteiger partial charge is 0.307 e. The molecule has 0 N–H and O–H groups in total. The zero-order valence-electron chi connectivity index (χ0n) is 24.6. The highest BCUT2D eigenvalue weighted by atomic mass is 15.1. The van der Waals surface area contributed by atoms with Crippen molar-refractivity contribution in [2.24, 2.45) is 0 Å². The third-order valence-electron chi connectivity index (χ3n) is 9.79. The lowest BCUT2D eigenvalue weighted by atomic mass is 10.0. The lowest BCUT2D eigenvalue weighted by molar-refractivity contribution is 1.08. The molecular weight excluding hydrogens is 560 g/mol. The first-order valence-corrected chi connectivity index (χ1v) is 15.7. The molecule has 212 valence electrons. The summed E-state index contributed by atoms with van der Waals surface area (Å²) in [6, 6.07) is 52.0. The lowest BCUT2D eigenvalue weighted by Crippen LogP contribution is -2.03. The van der Waals surface area contributed by atoms with Crippen LogP contribution < -0.4 is 0 Å². The number of hydrogen-bond donors (Lipinski definition) is 0. The van der Waals surface area contributed by atoms with Crippen molar-refractivity contribution < 1.29 is 0 Å². The standard InChI is InChI=1S/C42H24N4/c1-2-13-26(14-3-1)38-42(44-34-19-9-8-18-33(34)43-38)46-36-21-11-7-17-29(36)32-24-31-28-16-6-10-20-35(28)45-39-27-15-5-4-12-25(27)22-23-30(39)37(40(31)45)41(32)46/h1-24H. The Balaban J connectivity index is 1.45. The molecule has 4 heteroatoms. The Morgan fingerprint density at radius 3 is 1.87 bits per heavy atom. The molecule has 11 aromatic rings. The maximum atomic E-state index is 5.41. The summed E-state index contributed by atoms with van der Waals surface area (Å²) in [5.74, 6) is 0.837. The number of hydrogen-bond acceptors (Lipinski definition) is 2. The van der Waals surface area contributed by atoms with Gasteiger partial charge in [-0.1, -0.05) is 115 Å². The molecule has 0 amide bonds. The van der Waals surface area contributed by atoms with Gasteiger partial charge in [-0.05, 0) is 35.7 Å². The molecule has 0 fully saturated rings. The van der Waals surface area contributed by atoms with Gasteiger partial charge in [0.2, 0.25) is 0 Å². The fourth-order valence-electron chi connectivity index (χ4n) is 7.91. The second kappa shape index (κ2) is 8.68. The quantitative estimate of drug-likeness (QED) is 0.203. The van der Waals surface area contributed by atoms with Gasteiger partial charge in [0.05, 0.1) is 38.6 Å². The molecular formula is C42H24N4. The predicted molar refractivity (Wildman–Crippen MR) is 191 cm³/mol. The zero-order valence-corrected chi connectivity index (χ0v) is 24.6. The van der Waals surface area contributed by atoms with E-state index in [0.29, 0.717) is 0 Å². The molecule has 0 bridgehead atoms. The maximum Gasteiger partial charge on any atom is 0.165 e. The second-order valence-corrected chi connectivity index (χ2v) is 12.2. The molecule has 4 heterocycles. The summed E-state index contributed by atoms with van der Waals surface area (Å²) in [6.45, 7) is 0. The van der Waals surface area contributed by atoms with E-state index in [1.807, 2.05) is 18.2 Å². The van der Waals surface area contributed by atoms with E-state index in [1.54, 1.807) is 0 Å². The highest BCUT2D eigenvalue weighted by Gasteiger charge is 2.26. The molecule has 0 unspecified atom stereocenters. The van der Waals surface area contributed by atoms with Crippen LogP contribution >= 0.6 is 0 Å². The molecule has 0 spiro atoms. The minimum Gasteiger partial charge on any atom is -0.307 e. The van der Waals surface area contributed by atoms with E-state index in [-0.39, 0.29) is 0 Å². The van der Waals surface area contributed by atoms with Gasteiger partial charge in [0.1, 0.15) is 5.69 Å². The zero-order chi connectivity index (χ0) is 29.9. The molecule has 0 atom stereocenters. The van der Waals surface area contributed by atoms with Crippen molar-refractivity contribution in [1.29, 1.82) is 0 Å². The highest BCUT2D eigenvalue weighted by Crippen LogP contribution is 2.48. The van der Waals surface area contributed by atoms with Crippen molar-refractivity contribution >= 4 is 81.7 Å². The molecule has 4 aromatic heterocycles. The van der Waals surface area contributed by atoms with Gasteiger partial charge >= 0.3 is 0 Å². The van der Waals surface area contributed by atoms with Crippen molar-refractivity contribution in [1.82, 2.24) is 18.9 Å². The number of benzene rings is 7. The Hall–Kier alpha value is -6.26. The second-order valence-electron chi connectivity index (χ2n) is 12.2. The van der Waals surface area contributed by atoms with Gasteiger partial charge in [-0.2, -0.15) is 0 Å². The van der Waals surface area contributed by atoms with Crippen LogP contribution in [0.15, 0.2) is 146 Å². The summed E-state index contributed by atoms with van der Waals surface area (Å²) in [4.78, 5) is 10.7. The molecule has 7 aromatic carbocycles. The lowest BCUT2D eigenvalue weighted by Gasteiger charge is -2.14. The van der Waals surface area contributed by atoms with Crippen LogP contribution in [0.3, 0.4) is 0 Å². The van der Waals surface area contributed by atoms with Crippen LogP contribution in [-0.4, -0.2) is 18.9 Å².